The maximum Gasteiger partial charge on any atom is 0.265 e. The van der Waals surface area contributed by atoms with E-state index in [0.29, 0.717) is 6.42 Å². The standard InChI is InChI=1S/C45H93NO3S/c1-4-7-10-13-16-19-22-25-28-31-34-37-41-46(44-40-45-50(47,48)49,42-38-35-32-29-26-23-20-17-14-11-8-5-2)43-39-36-33-30-27-24-21-18-15-12-9-6-3/h4-45H2,1-3H3/p+1. The fourth-order valence-electron chi connectivity index (χ4n) is 8.12. The molecule has 302 valence electrons. The summed E-state index contributed by atoms with van der Waals surface area (Å²) >= 11 is 0. The van der Waals surface area contributed by atoms with Gasteiger partial charge in [0.25, 0.3) is 10.1 Å². The fourth-order valence-corrected chi connectivity index (χ4v) is 8.61. The minimum atomic E-state index is -3.90. The van der Waals surface area contributed by atoms with E-state index < -0.39 is 10.1 Å². The van der Waals surface area contributed by atoms with Gasteiger partial charge in [0, 0.05) is 6.42 Å². The van der Waals surface area contributed by atoms with Gasteiger partial charge in [0.1, 0.15) is 0 Å². The smallest absolute Gasteiger partial charge is 0.265 e. The van der Waals surface area contributed by atoms with Crippen LogP contribution in [0.5, 0.6) is 0 Å². The van der Waals surface area contributed by atoms with Crippen LogP contribution in [0.4, 0.5) is 0 Å². The molecule has 50 heavy (non-hydrogen) atoms. The maximum absolute atomic E-state index is 11.7. The first-order valence-corrected chi connectivity index (χ1v) is 24.8. The number of nitrogens with zero attached hydrogens (tertiary/aromatic N) is 1. The fraction of sp³-hybridized carbons (Fsp3) is 1.00. The first kappa shape index (κ1) is 49.9. The lowest BCUT2D eigenvalue weighted by Crippen LogP contribution is -2.51. The molecule has 0 atom stereocenters. The van der Waals surface area contributed by atoms with E-state index in [0.717, 1.165) is 11.0 Å². The molecular formula is C45H94NO3S+. The lowest BCUT2D eigenvalue weighted by molar-refractivity contribution is -0.928. The van der Waals surface area contributed by atoms with Gasteiger partial charge in [-0.1, -0.05) is 213 Å². The first-order valence-electron chi connectivity index (χ1n) is 23.2. The lowest BCUT2D eigenvalue weighted by Gasteiger charge is -2.39. The molecule has 0 aliphatic carbocycles. The maximum atomic E-state index is 11.7. The molecular weight excluding hydrogens is 635 g/mol. The van der Waals surface area contributed by atoms with Crippen LogP contribution >= 0.6 is 0 Å². The Bertz CT molecular complexity index is 686. The average Bonchev–Trinajstić information content (AvgIpc) is 3.09. The summed E-state index contributed by atoms with van der Waals surface area (Å²) in [5, 5.41) is 0. The van der Waals surface area contributed by atoms with E-state index in [1.165, 1.54) is 251 Å². The van der Waals surface area contributed by atoms with Crippen molar-refractivity contribution in [2.45, 2.75) is 258 Å². The molecule has 0 amide bonds. The zero-order valence-electron chi connectivity index (χ0n) is 34.8. The van der Waals surface area contributed by atoms with Gasteiger partial charge in [-0.3, -0.25) is 4.55 Å². The van der Waals surface area contributed by atoms with Crippen LogP contribution in [-0.2, 0) is 10.1 Å². The van der Waals surface area contributed by atoms with Crippen molar-refractivity contribution in [1.29, 1.82) is 0 Å². The first-order chi connectivity index (χ1) is 24.4. The minimum absolute atomic E-state index is 0.0810. The van der Waals surface area contributed by atoms with Gasteiger partial charge >= 0.3 is 0 Å². The van der Waals surface area contributed by atoms with Crippen LogP contribution in [0.3, 0.4) is 0 Å². The largest absolute Gasteiger partial charge is 0.324 e. The van der Waals surface area contributed by atoms with Crippen molar-refractivity contribution in [1.82, 2.24) is 0 Å². The van der Waals surface area contributed by atoms with E-state index in [1.54, 1.807) is 0 Å². The third-order valence-electron chi connectivity index (χ3n) is 11.5. The highest BCUT2D eigenvalue weighted by molar-refractivity contribution is 7.85. The van der Waals surface area contributed by atoms with Crippen LogP contribution < -0.4 is 0 Å². The van der Waals surface area contributed by atoms with Crippen molar-refractivity contribution in [3.8, 4) is 0 Å². The molecule has 0 bridgehead atoms. The highest BCUT2D eigenvalue weighted by Gasteiger charge is 2.26. The van der Waals surface area contributed by atoms with Crippen LogP contribution in [0.2, 0.25) is 0 Å². The minimum Gasteiger partial charge on any atom is -0.324 e. The van der Waals surface area contributed by atoms with Gasteiger partial charge in [-0.2, -0.15) is 8.42 Å². The molecule has 0 rings (SSSR count). The summed E-state index contributed by atoms with van der Waals surface area (Å²) in [4.78, 5) is 0. The number of quaternary nitrogens is 1. The highest BCUT2D eigenvalue weighted by atomic mass is 32.2. The molecule has 0 saturated carbocycles. The van der Waals surface area contributed by atoms with E-state index in [2.05, 4.69) is 20.8 Å². The van der Waals surface area contributed by atoms with E-state index in [-0.39, 0.29) is 5.75 Å². The number of rotatable bonds is 43. The summed E-state index contributed by atoms with van der Waals surface area (Å²) in [5.74, 6) is -0.0810. The molecule has 0 saturated heterocycles. The summed E-state index contributed by atoms with van der Waals surface area (Å²) in [6, 6.07) is 0. The van der Waals surface area contributed by atoms with Gasteiger partial charge in [0.15, 0.2) is 0 Å². The molecule has 0 aromatic carbocycles. The summed E-state index contributed by atoms with van der Waals surface area (Å²) in [7, 11) is -3.90. The molecule has 0 aliphatic heterocycles. The molecule has 4 nitrogen and oxygen atoms in total. The zero-order chi connectivity index (χ0) is 36.7. The van der Waals surface area contributed by atoms with Crippen molar-refractivity contribution in [3.05, 3.63) is 0 Å². The van der Waals surface area contributed by atoms with Crippen molar-refractivity contribution in [3.63, 3.8) is 0 Å². The van der Waals surface area contributed by atoms with E-state index in [4.69, 9.17) is 0 Å². The quantitative estimate of drug-likeness (QED) is 0.0386. The molecule has 0 aromatic rings. The third kappa shape index (κ3) is 37.6. The van der Waals surface area contributed by atoms with Crippen LogP contribution in [0.15, 0.2) is 0 Å². The van der Waals surface area contributed by atoms with Crippen LogP contribution in [-0.4, -0.2) is 49.4 Å². The van der Waals surface area contributed by atoms with E-state index >= 15 is 0 Å². The Morgan fingerprint density at radius 2 is 0.480 bits per heavy atom. The Morgan fingerprint density at radius 1 is 0.300 bits per heavy atom. The molecule has 0 unspecified atom stereocenters. The summed E-state index contributed by atoms with van der Waals surface area (Å²) < 4.78 is 34.0. The molecule has 0 fully saturated rings. The molecule has 0 spiro atoms. The molecule has 0 radical (unpaired) electrons. The van der Waals surface area contributed by atoms with Crippen LogP contribution in [0.25, 0.3) is 0 Å². The summed E-state index contributed by atoms with van der Waals surface area (Å²) in [5.41, 5.74) is 0. The second kappa shape index (κ2) is 38.6. The molecule has 5 heteroatoms. The molecule has 0 aromatic heterocycles. The SMILES string of the molecule is CCCCCCCCCCCCCC[N+](CCCCCCCCCCCCCC)(CCCCCCCCCCCCCC)CCCS(=O)(=O)O. The van der Waals surface area contributed by atoms with Crippen molar-refractivity contribution >= 4 is 10.1 Å². The van der Waals surface area contributed by atoms with Gasteiger partial charge in [-0.25, -0.2) is 0 Å². The second-order valence-corrected chi connectivity index (χ2v) is 18.1. The zero-order valence-corrected chi connectivity index (χ0v) is 35.6. The Hall–Kier alpha value is -0.130. The van der Waals surface area contributed by atoms with Crippen molar-refractivity contribution < 1.29 is 17.5 Å². The topological polar surface area (TPSA) is 54.4 Å². The molecule has 0 heterocycles. The highest BCUT2D eigenvalue weighted by Crippen LogP contribution is 2.21. The van der Waals surface area contributed by atoms with Gasteiger partial charge < -0.3 is 4.48 Å². The van der Waals surface area contributed by atoms with Crippen molar-refractivity contribution in [2.75, 3.05) is 31.9 Å². The summed E-state index contributed by atoms with van der Waals surface area (Å²) in [6.45, 7) is 11.4. The van der Waals surface area contributed by atoms with E-state index in [9.17, 15) is 13.0 Å². The predicted octanol–water partition coefficient (Wildman–Crippen LogP) is 15.2. The number of hydrogen-bond acceptors (Lipinski definition) is 2. The molecule has 1 N–H and O–H groups in total. The number of hydrogen-bond donors (Lipinski definition) is 1. The Kier molecular flexibility index (Phi) is 38.5. The predicted molar refractivity (Wildman–Crippen MR) is 224 cm³/mol. The van der Waals surface area contributed by atoms with Gasteiger partial charge in [-0.15, -0.1) is 0 Å². The van der Waals surface area contributed by atoms with E-state index in [1.807, 2.05) is 0 Å². The Labute approximate surface area is 316 Å². The Morgan fingerprint density at radius 3 is 0.680 bits per heavy atom. The van der Waals surface area contributed by atoms with Gasteiger partial charge in [0.2, 0.25) is 0 Å². The van der Waals surface area contributed by atoms with Crippen molar-refractivity contribution in [2.24, 2.45) is 0 Å². The van der Waals surface area contributed by atoms with Crippen LogP contribution in [0, 0.1) is 0 Å². The molecule has 0 aliphatic rings. The van der Waals surface area contributed by atoms with Crippen LogP contribution in [0.1, 0.15) is 258 Å². The summed E-state index contributed by atoms with van der Waals surface area (Å²) in [6.07, 6.45) is 50.0. The normalized spacial score (nSPS) is 12.3. The third-order valence-corrected chi connectivity index (χ3v) is 12.3. The number of unbranched alkanes of at least 4 members (excludes halogenated alkanes) is 33. The second-order valence-electron chi connectivity index (χ2n) is 16.5. The lowest BCUT2D eigenvalue weighted by atomic mass is 10.0. The average molecular weight is 729 g/mol. The van der Waals surface area contributed by atoms with Gasteiger partial charge in [-0.05, 0) is 38.5 Å². The monoisotopic (exact) mass is 729 g/mol. The Balaban J connectivity index is 4.76. The van der Waals surface area contributed by atoms with Gasteiger partial charge in [0.05, 0.1) is 31.9 Å².